The Kier molecular flexibility index (Phi) is 6.07. The molecule has 1 fully saturated rings. The molecule has 2 heterocycles. The van der Waals surface area contributed by atoms with E-state index in [2.05, 4.69) is 0 Å². The van der Waals surface area contributed by atoms with Crippen molar-refractivity contribution < 1.29 is 13.9 Å². The number of nitrogens with zero attached hydrogens (tertiary/aromatic N) is 2. The van der Waals surface area contributed by atoms with Gasteiger partial charge in [-0.15, -0.1) is 0 Å². The van der Waals surface area contributed by atoms with Crippen LogP contribution in [0.15, 0.2) is 66.7 Å². The summed E-state index contributed by atoms with van der Waals surface area (Å²) in [4.78, 5) is 19.7. The van der Waals surface area contributed by atoms with Crippen LogP contribution in [-0.4, -0.2) is 29.4 Å². The number of likely N-dealkylation sites (tertiary alicyclic amines) is 1. The van der Waals surface area contributed by atoms with Crippen molar-refractivity contribution in [3.05, 3.63) is 95.1 Å². The zero-order valence-corrected chi connectivity index (χ0v) is 17.1. The number of hydrogen-bond donors (Lipinski definition) is 0. The van der Waals surface area contributed by atoms with Crippen molar-refractivity contribution in [2.24, 2.45) is 0 Å². The molecule has 4 nitrogen and oxygen atoms in total. The molecule has 4 rings (SSSR count). The first-order valence-corrected chi connectivity index (χ1v) is 10.2. The Hall–Kier alpha value is -3.21. The van der Waals surface area contributed by atoms with Crippen LogP contribution in [0.25, 0.3) is 0 Å². The van der Waals surface area contributed by atoms with Gasteiger partial charge in [-0.1, -0.05) is 30.3 Å². The fourth-order valence-corrected chi connectivity index (χ4v) is 4.03. The van der Waals surface area contributed by atoms with Gasteiger partial charge in [-0.05, 0) is 60.4 Å². The molecule has 0 bridgehead atoms. The van der Waals surface area contributed by atoms with Gasteiger partial charge in [0.15, 0.2) is 0 Å². The van der Waals surface area contributed by atoms with Gasteiger partial charge in [-0.25, -0.2) is 4.39 Å². The number of benzene rings is 2. The monoisotopic (exact) mass is 404 g/mol. The fraction of sp³-hybridized carbons (Fsp3) is 0.280. The number of carbonyl (C=O) groups excluding carboxylic acids is 1. The number of ether oxygens (including phenoxy) is 1. The van der Waals surface area contributed by atoms with Gasteiger partial charge < -0.3 is 9.64 Å². The van der Waals surface area contributed by atoms with E-state index < -0.39 is 0 Å². The first-order chi connectivity index (χ1) is 14.6. The van der Waals surface area contributed by atoms with Gasteiger partial charge in [0.25, 0.3) is 0 Å². The third-order valence-electron chi connectivity index (χ3n) is 5.53. The molecule has 1 aliphatic heterocycles. The number of halogens is 1. The lowest BCUT2D eigenvalue weighted by atomic mass is 10.1. The number of carbonyl (C=O) groups is 1. The Morgan fingerprint density at radius 3 is 2.67 bits per heavy atom. The highest BCUT2D eigenvalue weighted by Gasteiger charge is 2.30. The van der Waals surface area contributed by atoms with Gasteiger partial charge in [0.05, 0.1) is 25.3 Å². The minimum Gasteiger partial charge on any atom is -0.497 e. The smallest absolute Gasteiger partial charge is 0.227 e. The van der Waals surface area contributed by atoms with Crippen LogP contribution < -0.4 is 4.74 Å². The Morgan fingerprint density at radius 1 is 1.10 bits per heavy atom. The minimum atomic E-state index is -0.241. The van der Waals surface area contributed by atoms with Crippen molar-refractivity contribution in [2.75, 3.05) is 13.7 Å². The van der Waals surface area contributed by atoms with Crippen molar-refractivity contribution >= 4 is 5.91 Å². The van der Waals surface area contributed by atoms with Crippen LogP contribution in [-0.2, 0) is 17.6 Å². The summed E-state index contributed by atoms with van der Waals surface area (Å²) in [6.07, 6.45) is 2.81. The first-order valence-electron chi connectivity index (χ1n) is 10.2. The molecule has 1 aromatic heterocycles. The Labute approximate surface area is 176 Å². The number of rotatable bonds is 6. The maximum Gasteiger partial charge on any atom is 0.227 e. The third kappa shape index (κ3) is 4.67. The maximum absolute atomic E-state index is 13.5. The van der Waals surface area contributed by atoms with Crippen LogP contribution in [0.3, 0.4) is 0 Å². The SMILES string of the molecule is COc1ccc(CC(=O)N2CCC[C@@H]2c2cccc(Cc3cccc(F)c3)n2)cc1. The zero-order valence-electron chi connectivity index (χ0n) is 17.1. The number of pyridine rings is 1. The number of methoxy groups -OCH3 is 1. The van der Waals surface area contributed by atoms with E-state index in [1.165, 1.54) is 12.1 Å². The topological polar surface area (TPSA) is 42.4 Å². The van der Waals surface area contributed by atoms with Crippen molar-refractivity contribution in [2.45, 2.75) is 31.7 Å². The highest BCUT2D eigenvalue weighted by Crippen LogP contribution is 2.31. The van der Waals surface area contributed by atoms with Crippen LogP contribution in [0.2, 0.25) is 0 Å². The summed E-state index contributed by atoms with van der Waals surface area (Å²) < 4.78 is 18.7. The molecule has 1 aliphatic rings. The van der Waals surface area contributed by atoms with Crippen molar-refractivity contribution in [3.63, 3.8) is 0 Å². The summed E-state index contributed by atoms with van der Waals surface area (Å²) in [6.45, 7) is 0.745. The van der Waals surface area contributed by atoms with Gasteiger partial charge in [0.1, 0.15) is 11.6 Å². The maximum atomic E-state index is 13.5. The van der Waals surface area contributed by atoms with Gasteiger partial charge >= 0.3 is 0 Å². The van der Waals surface area contributed by atoms with Gasteiger partial charge in [0, 0.05) is 18.7 Å². The molecule has 2 aromatic carbocycles. The summed E-state index contributed by atoms with van der Waals surface area (Å²) >= 11 is 0. The molecule has 154 valence electrons. The molecule has 30 heavy (non-hydrogen) atoms. The molecule has 0 N–H and O–H groups in total. The molecule has 1 saturated heterocycles. The van der Waals surface area contributed by atoms with E-state index in [9.17, 15) is 9.18 Å². The lowest BCUT2D eigenvalue weighted by Gasteiger charge is -2.25. The Balaban J connectivity index is 1.47. The molecular formula is C25H25FN2O2. The molecule has 0 radical (unpaired) electrons. The summed E-state index contributed by atoms with van der Waals surface area (Å²) in [7, 11) is 1.63. The van der Waals surface area contributed by atoms with E-state index in [0.717, 1.165) is 47.7 Å². The van der Waals surface area contributed by atoms with Crippen LogP contribution in [0.4, 0.5) is 4.39 Å². The molecule has 1 amide bonds. The first kappa shape index (κ1) is 20.1. The van der Waals surface area contributed by atoms with E-state index in [-0.39, 0.29) is 17.8 Å². The lowest BCUT2D eigenvalue weighted by molar-refractivity contribution is -0.131. The van der Waals surface area contributed by atoms with E-state index in [0.29, 0.717) is 12.8 Å². The van der Waals surface area contributed by atoms with Gasteiger partial charge in [0.2, 0.25) is 5.91 Å². The normalized spacial score (nSPS) is 15.9. The molecule has 0 aliphatic carbocycles. The lowest BCUT2D eigenvalue weighted by Crippen LogP contribution is -2.32. The number of amides is 1. The predicted octanol–water partition coefficient (Wildman–Crippen LogP) is 4.73. The highest BCUT2D eigenvalue weighted by molar-refractivity contribution is 5.79. The number of aromatic nitrogens is 1. The van der Waals surface area contributed by atoms with Gasteiger partial charge in [-0.2, -0.15) is 0 Å². The van der Waals surface area contributed by atoms with E-state index in [4.69, 9.17) is 9.72 Å². The molecule has 5 heteroatoms. The predicted molar refractivity (Wildman–Crippen MR) is 114 cm³/mol. The van der Waals surface area contributed by atoms with Crippen molar-refractivity contribution in [1.82, 2.24) is 9.88 Å². The van der Waals surface area contributed by atoms with Crippen LogP contribution >= 0.6 is 0 Å². The molecule has 1 atom stereocenters. The molecule has 0 saturated carbocycles. The standard InChI is InChI=1S/C25H25FN2O2/c1-30-22-12-10-18(11-13-22)17-25(29)28-14-4-9-24(28)23-8-3-7-21(27-23)16-19-5-2-6-20(26)15-19/h2-3,5-8,10-13,15,24H,4,9,14,16-17H2,1H3/t24-/m1/s1. The highest BCUT2D eigenvalue weighted by atomic mass is 19.1. The molecule has 0 spiro atoms. The van der Waals surface area contributed by atoms with Gasteiger partial charge in [-0.3, -0.25) is 9.78 Å². The van der Waals surface area contributed by atoms with Crippen LogP contribution in [0.5, 0.6) is 5.75 Å². The van der Waals surface area contributed by atoms with Crippen LogP contribution in [0.1, 0.15) is 41.4 Å². The molecular weight excluding hydrogens is 379 g/mol. The molecule has 3 aromatic rings. The average molecular weight is 404 g/mol. The second kappa shape index (κ2) is 9.08. The van der Waals surface area contributed by atoms with E-state index in [1.807, 2.05) is 53.4 Å². The average Bonchev–Trinajstić information content (AvgIpc) is 3.25. The third-order valence-corrected chi connectivity index (χ3v) is 5.53. The summed E-state index contributed by atoms with van der Waals surface area (Å²) in [5.74, 6) is 0.652. The summed E-state index contributed by atoms with van der Waals surface area (Å²) in [5, 5.41) is 0. The Bertz CT molecular complexity index is 1020. The van der Waals surface area contributed by atoms with E-state index in [1.54, 1.807) is 13.2 Å². The summed E-state index contributed by atoms with van der Waals surface area (Å²) in [6, 6.07) is 20.1. The fourth-order valence-electron chi connectivity index (χ4n) is 4.03. The quantitative estimate of drug-likeness (QED) is 0.597. The Morgan fingerprint density at radius 2 is 1.90 bits per heavy atom. The summed E-state index contributed by atoms with van der Waals surface area (Å²) in [5.41, 5.74) is 3.65. The second-order valence-electron chi connectivity index (χ2n) is 7.63. The van der Waals surface area contributed by atoms with Crippen LogP contribution in [0, 0.1) is 5.82 Å². The second-order valence-corrected chi connectivity index (χ2v) is 7.63. The van der Waals surface area contributed by atoms with Crippen molar-refractivity contribution in [1.29, 1.82) is 0 Å². The minimum absolute atomic E-state index is 0.0109. The van der Waals surface area contributed by atoms with Crippen molar-refractivity contribution in [3.8, 4) is 5.75 Å². The molecule has 0 unspecified atom stereocenters. The number of hydrogen-bond acceptors (Lipinski definition) is 3. The van der Waals surface area contributed by atoms with E-state index >= 15 is 0 Å². The zero-order chi connectivity index (χ0) is 20.9. The largest absolute Gasteiger partial charge is 0.497 e.